The third-order valence-electron chi connectivity index (χ3n) is 5.41. The van der Waals surface area contributed by atoms with Crippen molar-refractivity contribution in [2.24, 2.45) is 0 Å². The minimum atomic E-state index is -0.508. The Morgan fingerprint density at radius 2 is 1.70 bits per heavy atom. The molecule has 1 amide bonds. The van der Waals surface area contributed by atoms with Crippen molar-refractivity contribution in [2.45, 2.75) is 33.1 Å². The van der Waals surface area contributed by atoms with Gasteiger partial charge in [0.15, 0.2) is 6.61 Å². The molecular weight excluding hydrogens is 436 g/mol. The van der Waals surface area contributed by atoms with Crippen LogP contribution in [0.25, 0.3) is 0 Å². The number of hydrogen-bond acceptors (Lipinski definition) is 6. The van der Waals surface area contributed by atoms with E-state index in [2.05, 4.69) is 31.3 Å². The Bertz CT molecular complexity index is 1180. The van der Waals surface area contributed by atoms with Crippen molar-refractivity contribution >= 4 is 28.2 Å². The van der Waals surface area contributed by atoms with Crippen LogP contribution in [-0.2, 0) is 14.9 Å². The third-order valence-corrected chi connectivity index (χ3v) is 6.60. The lowest BCUT2D eigenvalue weighted by Crippen LogP contribution is -2.20. The maximum atomic E-state index is 12.4. The average molecular weight is 463 g/mol. The summed E-state index contributed by atoms with van der Waals surface area (Å²) < 4.78 is 10.6. The van der Waals surface area contributed by atoms with Crippen LogP contribution < -0.4 is 10.1 Å². The number of nitrogens with zero attached hydrogens (tertiary/aromatic N) is 1. The summed E-state index contributed by atoms with van der Waals surface area (Å²) in [4.78, 5) is 24.8. The molecule has 170 valence electrons. The van der Waals surface area contributed by atoms with Crippen LogP contribution in [0.5, 0.6) is 5.75 Å². The second-order valence-corrected chi connectivity index (χ2v) is 8.97. The van der Waals surface area contributed by atoms with Crippen molar-refractivity contribution in [1.82, 2.24) is 0 Å². The van der Waals surface area contributed by atoms with Crippen LogP contribution in [0.3, 0.4) is 0 Å². The summed E-state index contributed by atoms with van der Waals surface area (Å²) in [6.45, 7) is 7.69. The van der Waals surface area contributed by atoms with Gasteiger partial charge in [-0.05, 0) is 42.7 Å². The van der Waals surface area contributed by atoms with E-state index in [9.17, 15) is 14.9 Å². The molecule has 0 fully saturated rings. The molecule has 0 bridgehead atoms. The molecule has 0 atom stereocenters. The maximum Gasteiger partial charge on any atom is 0.348 e. The molecule has 6 nitrogen and oxygen atoms in total. The first kappa shape index (κ1) is 24.0. The summed E-state index contributed by atoms with van der Waals surface area (Å²) in [5.41, 5.74) is 2.92. The van der Waals surface area contributed by atoms with Crippen molar-refractivity contribution in [3.63, 3.8) is 0 Å². The lowest BCUT2D eigenvalue weighted by atomic mass is 9.78. The number of anilines is 1. The van der Waals surface area contributed by atoms with Gasteiger partial charge in [-0.3, -0.25) is 4.79 Å². The first-order valence-electron chi connectivity index (χ1n) is 10.6. The van der Waals surface area contributed by atoms with Crippen molar-refractivity contribution in [3.8, 4) is 11.8 Å². The summed E-state index contributed by atoms with van der Waals surface area (Å²) in [6, 6.07) is 19.9. The molecule has 7 heteroatoms. The number of nitrogens with one attached hydrogen (secondary N) is 1. The molecule has 0 aliphatic carbocycles. The van der Waals surface area contributed by atoms with Crippen molar-refractivity contribution in [1.29, 1.82) is 5.26 Å². The van der Waals surface area contributed by atoms with Gasteiger partial charge in [0.1, 0.15) is 21.7 Å². The van der Waals surface area contributed by atoms with Gasteiger partial charge in [-0.15, -0.1) is 11.3 Å². The Kier molecular flexibility index (Phi) is 7.52. The lowest BCUT2D eigenvalue weighted by molar-refractivity contribution is -0.118. The zero-order valence-electron chi connectivity index (χ0n) is 19.1. The van der Waals surface area contributed by atoms with Crippen LogP contribution >= 0.6 is 11.3 Å². The monoisotopic (exact) mass is 462 g/mol. The van der Waals surface area contributed by atoms with Gasteiger partial charge in [0.25, 0.3) is 5.91 Å². The fourth-order valence-electron chi connectivity index (χ4n) is 3.43. The Morgan fingerprint density at radius 1 is 1.06 bits per heavy atom. The van der Waals surface area contributed by atoms with Gasteiger partial charge in [0.2, 0.25) is 0 Å². The zero-order valence-corrected chi connectivity index (χ0v) is 19.9. The summed E-state index contributed by atoms with van der Waals surface area (Å²) in [7, 11) is 0. The van der Waals surface area contributed by atoms with Crippen LogP contribution in [0.4, 0.5) is 5.00 Å². The first-order valence-corrected chi connectivity index (χ1v) is 11.4. The second-order valence-electron chi connectivity index (χ2n) is 7.94. The van der Waals surface area contributed by atoms with Crippen molar-refractivity contribution < 1.29 is 19.1 Å². The summed E-state index contributed by atoms with van der Waals surface area (Å²) in [6.07, 6.45) is 0. The van der Waals surface area contributed by atoms with Gasteiger partial charge >= 0.3 is 5.97 Å². The van der Waals surface area contributed by atoms with Gasteiger partial charge in [-0.25, -0.2) is 4.79 Å². The SMILES string of the molecule is CCOC(=O)c1sc(NC(=O)COc2ccc(C(C)(C)c3ccccc3)cc2)c(C#N)c1C. The Balaban J connectivity index is 1.64. The maximum absolute atomic E-state index is 12.4. The number of carbonyl (C=O) groups excluding carboxylic acids is 2. The van der Waals surface area contributed by atoms with Gasteiger partial charge in [-0.1, -0.05) is 56.3 Å². The second kappa shape index (κ2) is 10.3. The predicted octanol–water partition coefficient (Wildman–Crippen LogP) is 5.45. The van der Waals surface area contributed by atoms with E-state index in [1.54, 1.807) is 13.8 Å². The number of esters is 1. The highest BCUT2D eigenvalue weighted by molar-refractivity contribution is 7.18. The molecule has 0 aliphatic rings. The van der Waals surface area contributed by atoms with E-state index >= 15 is 0 Å². The van der Waals surface area contributed by atoms with Crippen LogP contribution in [0.15, 0.2) is 54.6 Å². The van der Waals surface area contributed by atoms with E-state index in [1.807, 2.05) is 48.5 Å². The first-order chi connectivity index (χ1) is 15.8. The number of rotatable bonds is 8. The van der Waals surface area contributed by atoms with E-state index in [4.69, 9.17) is 9.47 Å². The summed E-state index contributed by atoms with van der Waals surface area (Å²) in [5.74, 6) is -0.364. The molecule has 0 unspecified atom stereocenters. The van der Waals surface area contributed by atoms with Crippen LogP contribution in [0.1, 0.15) is 52.7 Å². The minimum absolute atomic E-state index is 0.168. The Hall–Kier alpha value is -3.63. The van der Waals surface area contributed by atoms with E-state index in [0.717, 1.165) is 16.9 Å². The number of carbonyl (C=O) groups is 2. The van der Waals surface area contributed by atoms with Crippen LogP contribution in [0, 0.1) is 18.3 Å². The molecule has 0 radical (unpaired) electrons. The van der Waals surface area contributed by atoms with E-state index in [1.165, 1.54) is 5.56 Å². The van der Waals surface area contributed by atoms with Crippen LogP contribution in [-0.4, -0.2) is 25.1 Å². The van der Waals surface area contributed by atoms with E-state index < -0.39 is 11.9 Å². The highest BCUT2D eigenvalue weighted by atomic mass is 32.1. The molecular formula is C26H26N2O4S. The largest absolute Gasteiger partial charge is 0.484 e. The number of hydrogen-bond donors (Lipinski definition) is 1. The highest BCUT2D eigenvalue weighted by Crippen LogP contribution is 2.34. The average Bonchev–Trinajstić information content (AvgIpc) is 3.13. The lowest BCUT2D eigenvalue weighted by Gasteiger charge is -2.26. The van der Waals surface area contributed by atoms with Gasteiger partial charge < -0.3 is 14.8 Å². The predicted molar refractivity (Wildman–Crippen MR) is 129 cm³/mol. The fraction of sp³-hybridized carbons (Fsp3) is 0.269. The smallest absolute Gasteiger partial charge is 0.348 e. The third kappa shape index (κ3) is 5.41. The number of benzene rings is 2. The topological polar surface area (TPSA) is 88.4 Å². The van der Waals surface area contributed by atoms with Crippen molar-refractivity contribution in [2.75, 3.05) is 18.5 Å². The molecule has 1 aromatic heterocycles. The molecule has 0 saturated carbocycles. The quantitative estimate of drug-likeness (QED) is 0.450. The zero-order chi connectivity index (χ0) is 24.0. The molecule has 1 heterocycles. The summed E-state index contributed by atoms with van der Waals surface area (Å²) in [5, 5.41) is 12.4. The molecule has 2 aromatic carbocycles. The molecule has 3 aromatic rings. The van der Waals surface area contributed by atoms with Gasteiger partial charge in [-0.2, -0.15) is 5.26 Å². The normalized spacial score (nSPS) is 10.9. The molecule has 0 aliphatic heterocycles. The molecule has 3 rings (SSSR count). The standard InChI is InChI=1S/C26H26N2O4S/c1-5-31-25(30)23-17(2)21(15-27)24(33-23)28-22(29)16-32-20-13-11-19(12-14-20)26(3,4)18-9-7-6-8-10-18/h6-14H,5,16H2,1-4H3,(H,28,29). The van der Waals surface area contributed by atoms with Crippen LogP contribution in [0.2, 0.25) is 0 Å². The molecule has 0 saturated heterocycles. The van der Waals surface area contributed by atoms with Gasteiger partial charge in [0, 0.05) is 5.41 Å². The fourth-order valence-corrected chi connectivity index (χ4v) is 4.50. The van der Waals surface area contributed by atoms with E-state index in [-0.39, 0.29) is 24.2 Å². The van der Waals surface area contributed by atoms with E-state index in [0.29, 0.717) is 21.2 Å². The van der Waals surface area contributed by atoms with Crippen molar-refractivity contribution in [3.05, 3.63) is 81.7 Å². The Labute approximate surface area is 197 Å². The molecule has 1 N–H and O–H groups in total. The Morgan fingerprint density at radius 3 is 2.30 bits per heavy atom. The minimum Gasteiger partial charge on any atom is -0.484 e. The number of thiophene rings is 1. The number of ether oxygens (including phenoxy) is 2. The van der Waals surface area contributed by atoms with Gasteiger partial charge in [0.05, 0.1) is 12.2 Å². The highest BCUT2D eigenvalue weighted by Gasteiger charge is 2.24. The molecule has 0 spiro atoms. The summed E-state index contributed by atoms with van der Waals surface area (Å²) >= 11 is 1.03. The number of nitriles is 1. The molecule has 33 heavy (non-hydrogen) atoms. The number of amides is 1.